The molecule has 0 fully saturated rings. The van der Waals surface area contributed by atoms with Gasteiger partial charge in [0, 0.05) is 6.54 Å². The van der Waals surface area contributed by atoms with Gasteiger partial charge in [0.15, 0.2) is 0 Å². The molecule has 0 spiro atoms. The molecule has 5 N–H and O–H groups in total. The lowest BCUT2D eigenvalue weighted by molar-refractivity contribution is -0.141. The number of nitrogens with two attached hydrogens (primary N) is 1. The van der Waals surface area contributed by atoms with Crippen molar-refractivity contribution in [1.82, 2.24) is 10.6 Å². The summed E-state index contributed by atoms with van der Waals surface area (Å²) in [4.78, 5) is 23.1. The van der Waals surface area contributed by atoms with E-state index in [1.807, 2.05) is 30.3 Å². The van der Waals surface area contributed by atoms with Crippen LogP contribution in [-0.4, -0.2) is 35.6 Å². The number of nitrogens with one attached hydrogen (secondary N) is 2. The van der Waals surface area contributed by atoms with E-state index in [1.54, 1.807) is 0 Å². The Morgan fingerprint density at radius 2 is 1.91 bits per heavy atom. The smallest absolute Gasteiger partial charge is 0.325 e. The largest absolute Gasteiger partial charge is 0.480 e. The Kier molecular flexibility index (Phi) is 8.17. The van der Waals surface area contributed by atoms with Crippen molar-refractivity contribution >= 4 is 11.9 Å². The van der Waals surface area contributed by atoms with Gasteiger partial charge in [0.05, 0.1) is 6.04 Å². The van der Waals surface area contributed by atoms with Crippen LogP contribution in [0.4, 0.5) is 0 Å². The summed E-state index contributed by atoms with van der Waals surface area (Å²) in [5, 5.41) is 14.6. The predicted octanol–water partition coefficient (Wildman–Crippen LogP) is 0.863. The summed E-state index contributed by atoms with van der Waals surface area (Å²) < 4.78 is 0. The average Bonchev–Trinajstić information content (AvgIpc) is 2.51. The lowest BCUT2D eigenvalue weighted by atomic mass is 10.1. The first-order valence-corrected chi connectivity index (χ1v) is 7.55. The molecule has 0 saturated heterocycles. The van der Waals surface area contributed by atoms with Crippen molar-refractivity contribution in [2.24, 2.45) is 5.73 Å². The van der Waals surface area contributed by atoms with Crippen molar-refractivity contribution in [3.05, 3.63) is 35.9 Å². The summed E-state index contributed by atoms with van der Waals surface area (Å²) in [5.74, 6) is -1.33. The van der Waals surface area contributed by atoms with Gasteiger partial charge >= 0.3 is 5.97 Å². The monoisotopic (exact) mass is 307 g/mol. The Morgan fingerprint density at radius 3 is 2.50 bits per heavy atom. The molecule has 1 aromatic rings. The van der Waals surface area contributed by atoms with Gasteiger partial charge in [0.2, 0.25) is 5.91 Å². The fourth-order valence-corrected chi connectivity index (χ4v) is 2.03. The number of carbonyl (C=O) groups excluding carboxylic acids is 1. The molecule has 1 aromatic carbocycles. The van der Waals surface area contributed by atoms with Crippen LogP contribution in [0.15, 0.2) is 30.3 Å². The number of carboxylic acid groups (broad SMARTS) is 1. The summed E-state index contributed by atoms with van der Waals surface area (Å²) in [6.45, 7) is 2.59. The minimum atomic E-state index is -1.04. The average molecular weight is 307 g/mol. The van der Waals surface area contributed by atoms with Crippen molar-refractivity contribution in [3.8, 4) is 0 Å². The second-order valence-electron chi connectivity index (χ2n) is 5.27. The molecule has 0 bridgehead atoms. The second kappa shape index (κ2) is 9.92. The summed E-state index contributed by atoms with van der Waals surface area (Å²) >= 11 is 0. The van der Waals surface area contributed by atoms with Crippen LogP contribution in [0.2, 0.25) is 0 Å². The van der Waals surface area contributed by atoms with Crippen molar-refractivity contribution in [2.75, 3.05) is 6.54 Å². The van der Waals surface area contributed by atoms with Gasteiger partial charge in [-0.25, -0.2) is 0 Å². The van der Waals surface area contributed by atoms with Gasteiger partial charge in [0.25, 0.3) is 0 Å². The van der Waals surface area contributed by atoms with Crippen LogP contribution < -0.4 is 16.4 Å². The van der Waals surface area contributed by atoms with E-state index in [0.29, 0.717) is 19.5 Å². The molecule has 0 aliphatic carbocycles. The van der Waals surface area contributed by atoms with Crippen LogP contribution in [0, 0.1) is 0 Å². The summed E-state index contributed by atoms with van der Waals surface area (Å²) in [5.41, 5.74) is 6.55. The number of unbranched alkanes of at least 4 members (excludes halogenated alkanes) is 1. The van der Waals surface area contributed by atoms with Crippen LogP contribution in [0.25, 0.3) is 0 Å². The molecule has 0 aromatic heterocycles. The molecule has 0 heterocycles. The maximum atomic E-state index is 12.2. The van der Waals surface area contributed by atoms with Gasteiger partial charge < -0.3 is 21.5 Å². The third-order valence-corrected chi connectivity index (χ3v) is 3.39. The number of carboxylic acids is 1. The van der Waals surface area contributed by atoms with Gasteiger partial charge in [-0.15, -0.1) is 0 Å². The molecule has 1 amide bonds. The molecule has 0 aliphatic rings. The van der Waals surface area contributed by atoms with E-state index in [4.69, 9.17) is 10.8 Å². The quantitative estimate of drug-likeness (QED) is 0.480. The first-order chi connectivity index (χ1) is 10.5. The normalized spacial score (nSPS) is 13.4. The van der Waals surface area contributed by atoms with E-state index in [-0.39, 0.29) is 5.91 Å². The predicted molar refractivity (Wildman–Crippen MR) is 85.2 cm³/mol. The molecule has 22 heavy (non-hydrogen) atoms. The zero-order valence-electron chi connectivity index (χ0n) is 12.9. The van der Waals surface area contributed by atoms with E-state index >= 15 is 0 Å². The Hall–Kier alpha value is -1.92. The topological polar surface area (TPSA) is 104 Å². The summed E-state index contributed by atoms with van der Waals surface area (Å²) in [7, 11) is 0. The molecule has 122 valence electrons. The zero-order chi connectivity index (χ0) is 16.4. The lowest BCUT2D eigenvalue weighted by Crippen LogP contribution is -2.49. The molecule has 6 heteroatoms. The van der Waals surface area contributed by atoms with Crippen molar-refractivity contribution in [3.63, 3.8) is 0 Å². The van der Waals surface area contributed by atoms with Crippen LogP contribution in [0.3, 0.4) is 0 Å². The molecule has 0 saturated carbocycles. The Bertz CT molecular complexity index is 465. The van der Waals surface area contributed by atoms with Gasteiger partial charge in [0.1, 0.15) is 6.04 Å². The number of amides is 1. The van der Waals surface area contributed by atoms with E-state index in [9.17, 15) is 9.59 Å². The number of carbonyl (C=O) groups is 2. The van der Waals surface area contributed by atoms with Gasteiger partial charge in [-0.05, 0) is 31.9 Å². The van der Waals surface area contributed by atoms with Crippen molar-refractivity contribution in [2.45, 2.75) is 44.8 Å². The van der Waals surface area contributed by atoms with Gasteiger partial charge in [-0.3, -0.25) is 9.59 Å². The lowest BCUT2D eigenvalue weighted by Gasteiger charge is -2.20. The van der Waals surface area contributed by atoms with E-state index < -0.39 is 18.1 Å². The van der Waals surface area contributed by atoms with Crippen LogP contribution in [0.1, 0.15) is 31.7 Å². The van der Waals surface area contributed by atoms with Crippen LogP contribution in [-0.2, 0) is 16.1 Å². The van der Waals surface area contributed by atoms with E-state index in [0.717, 1.165) is 18.4 Å². The molecule has 6 nitrogen and oxygen atoms in total. The maximum absolute atomic E-state index is 12.2. The minimum absolute atomic E-state index is 0.289. The minimum Gasteiger partial charge on any atom is -0.480 e. The molecule has 0 aliphatic heterocycles. The summed E-state index contributed by atoms with van der Waals surface area (Å²) in [6.07, 6.45) is 2.28. The van der Waals surface area contributed by atoms with E-state index in [2.05, 4.69) is 10.6 Å². The van der Waals surface area contributed by atoms with Gasteiger partial charge in [-0.1, -0.05) is 36.8 Å². The standard InChI is InChI=1S/C16H25N3O3/c1-12(16(21)22)19-15(20)14(9-5-6-10-17)18-11-13-7-3-2-4-8-13/h2-4,7-8,12,14,18H,5-6,9-11,17H2,1H3,(H,19,20)(H,21,22)/t12-,14-/m0/s1. The fourth-order valence-electron chi connectivity index (χ4n) is 2.03. The third-order valence-electron chi connectivity index (χ3n) is 3.39. The Balaban J connectivity index is 2.58. The number of hydrogen-bond donors (Lipinski definition) is 4. The maximum Gasteiger partial charge on any atom is 0.325 e. The van der Waals surface area contributed by atoms with Crippen molar-refractivity contribution in [1.29, 1.82) is 0 Å². The van der Waals surface area contributed by atoms with E-state index in [1.165, 1.54) is 6.92 Å². The number of benzene rings is 1. The third kappa shape index (κ3) is 6.69. The molecule has 1 rings (SSSR count). The zero-order valence-corrected chi connectivity index (χ0v) is 12.9. The summed E-state index contributed by atoms with van der Waals surface area (Å²) in [6, 6.07) is 8.43. The number of rotatable bonds is 10. The molecule has 0 radical (unpaired) electrons. The van der Waals surface area contributed by atoms with Crippen molar-refractivity contribution < 1.29 is 14.7 Å². The first-order valence-electron chi connectivity index (χ1n) is 7.55. The molecule has 2 atom stereocenters. The highest BCUT2D eigenvalue weighted by molar-refractivity contribution is 5.86. The number of aliphatic carboxylic acids is 1. The molecular formula is C16H25N3O3. The fraction of sp³-hybridized carbons (Fsp3) is 0.500. The second-order valence-corrected chi connectivity index (χ2v) is 5.27. The Morgan fingerprint density at radius 1 is 1.23 bits per heavy atom. The highest BCUT2D eigenvalue weighted by Crippen LogP contribution is 2.04. The SMILES string of the molecule is C[C@H](NC(=O)[C@H](CCCCN)NCc1ccccc1)C(=O)O. The molecular weight excluding hydrogens is 282 g/mol. The van der Waals surface area contributed by atoms with Crippen LogP contribution in [0.5, 0.6) is 0 Å². The Labute approximate surface area is 131 Å². The first kappa shape index (κ1) is 18.1. The van der Waals surface area contributed by atoms with Gasteiger partial charge in [-0.2, -0.15) is 0 Å². The highest BCUT2D eigenvalue weighted by Gasteiger charge is 2.21. The number of hydrogen-bond acceptors (Lipinski definition) is 4. The highest BCUT2D eigenvalue weighted by atomic mass is 16.4. The molecule has 0 unspecified atom stereocenters. The van der Waals surface area contributed by atoms with Crippen LogP contribution >= 0.6 is 0 Å².